The Hall–Kier alpha value is -4.35. The number of urea groups is 1. The van der Waals surface area contributed by atoms with Crippen molar-refractivity contribution in [2.24, 2.45) is 0 Å². The monoisotopic (exact) mass is 506 g/mol. The van der Waals surface area contributed by atoms with Crippen molar-refractivity contribution in [2.45, 2.75) is 59.0 Å². The zero-order valence-corrected chi connectivity index (χ0v) is 20.9. The van der Waals surface area contributed by atoms with Crippen molar-refractivity contribution in [3.05, 3.63) is 64.6 Å². The molecule has 0 bridgehead atoms. The first-order valence-electron chi connectivity index (χ1n) is 12.4. The van der Waals surface area contributed by atoms with E-state index in [2.05, 4.69) is 32.5 Å². The maximum Gasteiger partial charge on any atom is 0.335 e. The van der Waals surface area contributed by atoms with Crippen LogP contribution >= 0.6 is 0 Å². The van der Waals surface area contributed by atoms with E-state index in [1.165, 1.54) is 9.80 Å². The quantitative estimate of drug-likeness (QED) is 0.281. The van der Waals surface area contributed by atoms with Crippen molar-refractivity contribution >= 4 is 24.0 Å². The van der Waals surface area contributed by atoms with Gasteiger partial charge in [0.15, 0.2) is 5.82 Å². The predicted molar refractivity (Wildman–Crippen MR) is 133 cm³/mol. The fourth-order valence-corrected chi connectivity index (χ4v) is 4.13. The van der Waals surface area contributed by atoms with Crippen LogP contribution < -0.4 is 0 Å². The van der Waals surface area contributed by atoms with E-state index < -0.39 is 12.0 Å². The number of aromatic nitrogens is 6. The van der Waals surface area contributed by atoms with Gasteiger partial charge in [-0.05, 0) is 47.0 Å². The molecule has 3 amide bonds. The summed E-state index contributed by atoms with van der Waals surface area (Å²) in [7, 11) is 0. The number of aryl methyl sites for hydroxylation is 1. The molecule has 0 radical (unpaired) electrons. The highest BCUT2D eigenvalue weighted by atomic mass is 16.4. The SMILES string of the molecule is CCCCc1ncc(/C=C2\C(=O)N(CCCC)C(=O)N2Cc2nnn[nH]2)n1Cc1ccc(C(=O)O)cc1. The molecule has 0 atom stereocenters. The lowest BCUT2D eigenvalue weighted by Crippen LogP contribution is -2.33. The van der Waals surface area contributed by atoms with Gasteiger partial charge in [-0.2, -0.15) is 0 Å². The Morgan fingerprint density at radius 3 is 2.46 bits per heavy atom. The second kappa shape index (κ2) is 11.6. The molecule has 0 unspecified atom stereocenters. The maximum atomic E-state index is 13.4. The number of rotatable bonds is 12. The molecule has 1 saturated heterocycles. The summed E-state index contributed by atoms with van der Waals surface area (Å²) in [6, 6.07) is 6.25. The van der Waals surface area contributed by atoms with Gasteiger partial charge in [-0.25, -0.2) is 19.7 Å². The maximum absolute atomic E-state index is 13.4. The van der Waals surface area contributed by atoms with E-state index in [0.717, 1.165) is 37.1 Å². The molecule has 0 aliphatic carbocycles. The third-order valence-electron chi connectivity index (χ3n) is 6.20. The third-order valence-corrected chi connectivity index (χ3v) is 6.20. The Balaban J connectivity index is 1.71. The summed E-state index contributed by atoms with van der Waals surface area (Å²) in [5, 5.41) is 22.9. The van der Waals surface area contributed by atoms with Crippen LogP contribution in [0.5, 0.6) is 0 Å². The fourth-order valence-electron chi connectivity index (χ4n) is 4.13. The lowest BCUT2D eigenvalue weighted by molar-refractivity contribution is -0.123. The summed E-state index contributed by atoms with van der Waals surface area (Å²) in [5.41, 5.74) is 2.00. The number of unbranched alkanes of at least 4 members (excludes halogenated alkanes) is 2. The second-order valence-electron chi connectivity index (χ2n) is 8.85. The number of imide groups is 1. The highest BCUT2D eigenvalue weighted by Crippen LogP contribution is 2.26. The first-order valence-corrected chi connectivity index (χ1v) is 12.4. The molecule has 37 heavy (non-hydrogen) atoms. The van der Waals surface area contributed by atoms with Crippen LogP contribution in [0, 0.1) is 0 Å². The number of hydrogen-bond acceptors (Lipinski definition) is 7. The summed E-state index contributed by atoms with van der Waals surface area (Å²) < 4.78 is 2.00. The standard InChI is InChI=1S/C25H30N8O4/c1-3-5-7-22-26-14-19(32(22)15-17-8-10-18(11-9-17)24(35)36)13-20-23(34)31(12-6-4-2)25(37)33(20)16-21-27-29-30-28-21/h8-11,13-14H,3-7,12,15-16H2,1-2H3,(H,35,36)(H,27,28,29,30)/b20-13+. The first kappa shape index (κ1) is 25.7. The minimum absolute atomic E-state index is 0.0273. The number of amides is 3. The molecule has 4 rings (SSSR count). The van der Waals surface area contributed by atoms with E-state index in [1.54, 1.807) is 36.5 Å². The van der Waals surface area contributed by atoms with Crippen LogP contribution in [0.1, 0.15) is 72.8 Å². The van der Waals surface area contributed by atoms with Gasteiger partial charge in [-0.15, -0.1) is 5.10 Å². The van der Waals surface area contributed by atoms with Crippen LogP contribution in [-0.2, 0) is 24.3 Å². The van der Waals surface area contributed by atoms with Crippen molar-refractivity contribution in [2.75, 3.05) is 6.54 Å². The van der Waals surface area contributed by atoms with Gasteiger partial charge in [0.25, 0.3) is 5.91 Å². The number of hydrogen-bond donors (Lipinski definition) is 2. The Morgan fingerprint density at radius 2 is 1.81 bits per heavy atom. The van der Waals surface area contributed by atoms with Gasteiger partial charge >= 0.3 is 12.0 Å². The Labute approximate surface area is 214 Å². The van der Waals surface area contributed by atoms with Crippen molar-refractivity contribution < 1.29 is 19.5 Å². The second-order valence-corrected chi connectivity index (χ2v) is 8.85. The number of benzene rings is 1. The fraction of sp³-hybridized carbons (Fsp3) is 0.400. The molecule has 1 fully saturated rings. The number of carbonyl (C=O) groups excluding carboxylic acids is 2. The van der Waals surface area contributed by atoms with Crippen LogP contribution in [0.4, 0.5) is 4.79 Å². The summed E-state index contributed by atoms with van der Waals surface area (Å²) in [6.45, 7) is 4.89. The smallest absolute Gasteiger partial charge is 0.335 e. The molecule has 12 heteroatoms. The van der Waals surface area contributed by atoms with Crippen LogP contribution in [0.15, 0.2) is 36.2 Å². The summed E-state index contributed by atoms with van der Waals surface area (Å²) in [4.78, 5) is 45.0. The number of carboxylic acid groups (broad SMARTS) is 1. The van der Waals surface area contributed by atoms with Gasteiger partial charge in [0, 0.05) is 19.5 Å². The number of nitrogens with one attached hydrogen (secondary N) is 1. The molecule has 3 heterocycles. The van der Waals surface area contributed by atoms with E-state index >= 15 is 0 Å². The zero-order chi connectivity index (χ0) is 26.4. The number of H-pyrrole nitrogens is 1. The van der Waals surface area contributed by atoms with Crippen molar-refractivity contribution in [3.8, 4) is 0 Å². The predicted octanol–water partition coefficient (Wildman–Crippen LogP) is 3.09. The molecule has 1 aliphatic rings. The minimum Gasteiger partial charge on any atom is -0.478 e. The van der Waals surface area contributed by atoms with Crippen molar-refractivity contribution in [1.82, 2.24) is 40.0 Å². The van der Waals surface area contributed by atoms with Crippen LogP contribution in [-0.4, -0.2) is 69.5 Å². The number of aromatic amines is 1. The molecule has 194 valence electrons. The lowest BCUT2D eigenvalue weighted by atomic mass is 10.1. The zero-order valence-electron chi connectivity index (χ0n) is 20.9. The Kier molecular flexibility index (Phi) is 8.06. The van der Waals surface area contributed by atoms with E-state index in [1.807, 2.05) is 11.5 Å². The number of imidazole rings is 1. The van der Waals surface area contributed by atoms with Crippen molar-refractivity contribution in [3.63, 3.8) is 0 Å². The number of nitrogens with zero attached hydrogens (tertiary/aromatic N) is 7. The summed E-state index contributed by atoms with van der Waals surface area (Å²) in [5.74, 6) is -0.149. The van der Waals surface area contributed by atoms with Crippen LogP contribution in [0.2, 0.25) is 0 Å². The van der Waals surface area contributed by atoms with Gasteiger partial charge in [0.2, 0.25) is 0 Å². The number of carboxylic acids is 1. The van der Waals surface area contributed by atoms with Crippen LogP contribution in [0.25, 0.3) is 6.08 Å². The first-order chi connectivity index (χ1) is 17.9. The van der Waals surface area contributed by atoms with E-state index in [-0.39, 0.29) is 23.7 Å². The molecule has 2 N–H and O–H groups in total. The Bertz CT molecular complexity index is 1280. The lowest BCUT2D eigenvalue weighted by Gasteiger charge is -2.16. The third kappa shape index (κ3) is 5.74. The van der Waals surface area contributed by atoms with Crippen LogP contribution in [0.3, 0.4) is 0 Å². The molecule has 3 aromatic rings. The number of aromatic carboxylic acids is 1. The highest BCUT2D eigenvalue weighted by molar-refractivity contribution is 6.13. The molecule has 0 saturated carbocycles. The van der Waals surface area contributed by atoms with E-state index in [0.29, 0.717) is 31.0 Å². The van der Waals surface area contributed by atoms with Gasteiger partial charge in [-0.3, -0.25) is 14.6 Å². The highest BCUT2D eigenvalue weighted by Gasteiger charge is 2.41. The molecule has 0 spiro atoms. The normalized spacial score (nSPS) is 14.8. The summed E-state index contributed by atoms with van der Waals surface area (Å²) in [6.07, 6.45) is 7.61. The van der Waals surface area contributed by atoms with Gasteiger partial charge in [0.05, 0.1) is 24.0 Å². The topological polar surface area (TPSA) is 150 Å². The average Bonchev–Trinajstić information content (AvgIpc) is 3.59. The Morgan fingerprint density at radius 1 is 1.05 bits per heavy atom. The van der Waals surface area contributed by atoms with Gasteiger partial charge < -0.3 is 9.67 Å². The van der Waals surface area contributed by atoms with Crippen molar-refractivity contribution in [1.29, 1.82) is 0 Å². The minimum atomic E-state index is -0.984. The molecule has 1 aliphatic heterocycles. The van der Waals surface area contributed by atoms with Gasteiger partial charge in [0.1, 0.15) is 11.5 Å². The summed E-state index contributed by atoms with van der Waals surface area (Å²) >= 11 is 0. The molecular formula is C25H30N8O4. The van der Waals surface area contributed by atoms with E-state index in [9.17, 15) is 19.5 Å². The average molecular weight is 507 g/mol. The van der Waals surface area contributed by atoms with Gasteiger partial charge in [-0.1, -0.05) is 38.8 Å². The van der Waals surface area contributed by atoms with E-state index in [4.69, 9.17) is 0 Å². The molecule has 12 nitrogen and oxygen atoms in total. The number of carbonyl (C=O) groups is 3. The molecule has 2 aromatic heterocycles. The molecular weight excluding hydrogens is 476 g/mol. The molecule has 1 aromatic carbocycles. The number of tetrazole rings is 1. The largest absolute Gasteiger partial charge is 0.478 e.